The first-order valence-corrected chi connectivity index (χ1v) is 7.17. The fourth-order valence-electron chi connectivity index (χ4n) is 2.26. The number of carbonyl (C=O) groups is 1. The van der Waals surface area contributed by atoms with Crippen molar-refractivity contribution in [1.29, 1.82) is 0 Å². The van der Waals surface area contributed by atoms with E-state index in [9.17, 15) is 4.79 Å². The molecule has 19 heavy (non-hydrogen) atoms. The van der Waals surface area contributed by atoms with Gasteiger partial charge in [0.15, 0.2) is 0 Å². The molecule has 0 aliphatic rings. The van der Waals surface area contributed by atoms with E-state index in [1.54, 1.807) is 0 Å². The van der Waals surface area contributed by atoms with Gasteiger partial charge in [0.05, 0.1) is 0 Å². The van der Waals surface area contributed by atoms with Crippen molar-refractivity contribution in [2.24, 2.45) is 5.41 Å². The molecule has 1 aromatic rings. The van der Waals surface area contributed by atoms with E-state index >= 15 is 0 Å². The molecule has 0 N–H and O–H groups in total. The highest BCUT2D eigenvalue weighted by Crippen LogP contribution is 2.27. The van der Waals surface area contributed by atoms with Gasteiger partial charge in [-0.05, 0) is 38.0 Å². The maximum atomic E-state index is 12.7. The maximum absolute atomic E-state index is 12.7. The van der Waals surface area contributed by atoms with Gasteiger partial charge < -0.3 is 4.90 Å². The lowest BCUT2D eigenvalue weighted by atomic mass is 9.93. The summed E-state index contributed by atoms with van der Waals surface area (Å²) < 4.78 is 0. The van der Waals surface area contributed by atoms with Crippen LogP contribution in [0.5, 0.6) is 0 Å². The topological polar surface area (TPSA) is 20.3 Å². The Morgan fingerprint density at radius 3 is 2.42 bits per heavy atom. The Morgan fingerprint density at radius 1 is 1.32 bits per heavy atom. The molecule has 0 radical (unpaired) electrons. The molecule has 0 fully saturated rings. The summed E-state index contributed by atoms with van der Waals surface area (Å²) in [7, 11) is 0. The van der Waals surface area contributed by atoms with Crippen molar-refractivity contribution in [2.45, 2.75) is 60.4 Å². The minimum atomic E-state index is -0.355. The summed E-state index contributed by atoms with van der Waals surface area (Å²) in [4.78, 5) is 14.7. The van der Waals surface area contributed by atoms with Crippen molar-refractivity contribution >= 4 is 11.6 Å². The van der Waals surface area contributed by atoms with Gasteiger partial charge in [-0.1, -0.05) is 46.2 Å². The number of amides is 1. The van der Waals surface area contributed by atoms with Crippen LogP contribution >= 0.6 is 0 Å². The van der Waals surface area contributed by atoms with Crippen LogP contribution in [0.4, 0.5) is 5.69 Å². The van der Waals surface area contributed by atoms with E-state index in [1.165, 1.54) is 5.56 Å². The maximum Gasteiger partial charge on any atom is 0.232 e. The minimum Gasteiger partial charge on any atom is -0.309 e. The van der Waals surface area contributed by atoms with Gasteiger partial charge in [0.25, 0.3) is 0 Å². The number of hydrogen-bond donors (Lipinski definition) is 0. The predicted molar refractivity (Wildman–Crippen MR) is 82.5 cm³/mol. The number of aryl methyl sites for hydroxylation is 1. The summed E-state index contributed by atoms with van der Waals surface area (Å²) in [6.07, 6.45) is 2.11. The van der Waals surface area contributed by atoms with Gasteiger partial charge in [0, 0.05) is 17.1 Å². The summed E-state index contributed by atoms with van der Waals surface area (Å²) in [5.74, 6) is 0.194. The average Bonchev–Trinajstić information content (AvgIpc) is 2.28. The van der Waals surface area contributed by atoms with E-state index in [0.717, 1.165) is 18.5 Å². The molecule has 2 heteroatoms. The third kappa shape index (κ3) is 4.09. The van der Waals surface area contributed by atoms with Gasteiger partial charge in [-0.25, -0.2) is 0 Å². The fraction of sp³-hybridized carbons (Fsp3) is 0.588. The van der Waals surface area contributed by atoms with E-state index in [0.29, 0.717) is 0 Å². The van der Waals surface area contributed by atoms with Gasteiger partial charge >= 0.3 is 0 Å². The van der Waals surface area contributed by atoms with Crippen LogP contribution in [0.3, 0.4) is 0 Å². The molecule has 1 amide bonds. The highest BCUT2D eigenvalue weighted by molar-refractivity contribution is 5.97. The fourth-order valence-corrected chi connectivity index (χ4v) is 2.26. The second kappa shape index (κ2) is 6.23. The Kier molecular flexibility index (Phi) is 5.16. The van der Waals surface area contributed by atoms with Crippen LogP contribution in [-0.4, -0.2) is 11.9 Å². The average molecular weight is 261 g/mol. The highest BCUT2D eigenvalue weighted by Gasteiger charge is 2.31. The molecule has 0 aliphatic heterocycles. The van der Waals surface area contributed by atoms with Crippen LogP contribution in [-0.2, 0) is 4.79 Å². The van der Waals surface area contributed by atoms with Crippen LogP contribution in [0, 0.1) is 12.3 Å². The Morgan fingerprint density at radius 2 is 1.95 bits per heavy atom. The Labute approximate surface area is 117 Å². The van der Waals surface area contributed by atoms with E-state index < -0.39 is 0 Å². The number of rotatable bonds is 4. The summed E-state index contributed by atoms with van der Waals surface area (Å²) >= 11 is 0. The molecule has 0 bridgehead atoms. The molecule has 1 atom stereocenters. The van der Waals surface area contributed by atoms with Crippen LogP contribution in [0.2, 0.25) is 0 Å². The van der Waals surface area contributed by atoms with Gasteiger partial charge in [0.1, 0.15) is 0 Å². The van der Waals surface area contributed by atoms with Crippen molar-refractivity contribution in [3.8, 4) is 0 Å². The van der Waals surface area contributed by atoms with Crippen molar-refractivity contribution in [1.82, 2.24) is 0 Å². The highest BCUT2D eigenvalue weighted by atomic mass is 16.2. The standard InChI is InChI=1S/C17H27NO/c1-7-9-14(3)18(16(19)17(4,5)6)15-11-8-10-13(2)12-15/h8,10-12,14H,7,9H2,1-6H3. The quantitative estimate of drug-likeness (QED) is 0.778. The molecule has 1 rings (SSSR count). The van der Waals surface area contributed by atoms with E-state index in [4.69, 9.17) is 0 Å². The number of nitrogens with zero attached hydrogens (tertiary/aromatic N) is 1. The first-order valence-electron chi connectivity index (χ1n) is 7.17. The van der Waals surface area contributed by atoms with E-state index in [2.05, 4.69) is 32.9 Å². The van der Waals surface area contributed by atoms with Gasteiger partial charge in [0.2, 0.25) is 5.91 Å². The smallest absolute Gasteiger partial charge is 0.232 e. The molecule has 0 spiro atoms. The van der Waals surface area contributed by atoms with Crippen LogP contribution < -0.4 is 4.90 Å². The molecule has 1 unspecified atom stereocenters. The van der Waals surface area contributed by atoms with Crippen molar-refractivity contribution < 1.29 is 4.79 Å². The minimum absolute atomic E-state index is 0.194. The van der Waals surface area contributed by atoms with Crippen LogP contribution in [0.1, 0.15) is 53.0 Å². The summed E-state index contributed by atoms with van der Waals surface area (Å²) in [5, 5.41) is 0. The summed E-state index contributed by atoms with van der Waals surface area (Å²) in [6.45, 7) is 12.3. The normalized spacial score (nSPS) is 13.2. The summed E-state index contributed by atoms with van der Waals surface area (Å²) in [5.41, 5.74) is 1.85. The zero-order valence-electron chi connectivity index (χ0n) is 13.2. The lowest BCUT2D eigenvalue weighted by Gasteiger charge is -2.34. The summed E-state index contributed by atoms with van der Waals surface area (Å²) in [6, 6.07) is 8.44. The Bertz CT molecular complexity index is 431. The third-order valence-corrected chi connectivity index (χ3v) is 3.29. The Hall–Kier alpha value is -1.31. The molecular weight excluding hydrogens is 234 g/mol. The molecule has 1 aromatic carbocycles. The lowest BCUT2D eigenvalue weighted by Crippen LogP contribution is -2.45. The number of anilines is 1. The molecule has 0 aromatic heterocycles. The molecule has 106 valence electrons. The SMILES string of the molecule is CCCC(C)N(C(=O)C(C)(C)C)c1cccc(C)c1. The largest absolute Gasteiger partial charge is 0.309 e. The van der Waals surface area contributed by atoms with Gasteiger partial charge in [-0.3, -0.25) is 4.79 Å². The van der Waals surface area contributed by atoms with E-state index in [-0.39, 0.29) is 17.4 Å². The number of benzene rings is 1. The van der Waals surface area contributed by atoms with Crippen molar-refractivity contribution in [3.05, 3.63) is 29.8 Å². The zero-order chi connectivity index (χ0) is 14.6. The Balaban J connectivity index is 3.16. The molecule has 0 saturated heterocycles. The number of hydrogen-bond acceptors (Lipinski definition) is 1. The molecule has 2 nitrogen and oxygen atoms in total. The van der Waals surface area contributed by atoms with Crippen LogP contribution in [0.15, 0.2) is 24.3 Å². The van der Waals surface area contributed by atoms with E-state index in [1.807, 2.05) is 37.8 Å². The molecule has 0 aliphatic carbocycles. The zero-order valence-corrected chi connectivity index (χ0v) is 13.2. The van der Waals surface area contributed by atoms with Crippen molar-refractivity contribution in [2.75, 3.05) is 4.90 Å². The predicted octanol–water partition coefficient (Wildman–Crippen LogP) is 4.56. The van der Waals surface area contributed by atoms with Gasteiger partial charge in [-0.15, -0.1) is 0 Å². The second-order valence-corrected chi connectivity index (χ2v) is 6.40. The molecular formula is C17H27NO. The first-order chi connectivity index (χ1) is 8.77. The monoisotopic (exact) mass is 261 g/mol. The van der Waals surface area contributed by atoms with Crippen LogP contribution in [0.25, 0.3) is 0 Å². The lowest BCUT2D eigenvalue weighted by molar-refractivity contribution is -0.126. The number of carbonyl (C=O) groups excluding carboxylic acids is 1. The van der Waals surface area contributed by atoms with Gasteiger partial charge in [-0.2, -0.15) is 0 Å². The first kappa shape index (κ1) is 15.7. The van der Waals surface area contributed by atoms with Crippen molar-refractivity contribution in [3.63, 3.8) is 0 Å². The molecule has 0 saturated carbocycles. The molecule has 0 heterocycles. The third-order valence-electron chi connectivity index (χ3n) is 3.29. The second-order valence-electron chi connectivity index (χ2n) is 6.40.